The van der Waals surface area contributed by atoms with E-state index < -0.39 is 10.1 Å². The van der Waals surface area contributed by atoms with Crippen LogP contribution in [0.4, 0.5) is 0 Å². The predicted octanol–water partition coefficient (Wildman–Crippen LogP) is 0.653. The molecule has 2 atom stereocenters. The Hall–Kier alpha value is -0.130. The average molecular weight is 265 g/mol. The second-order valence-corrected chi connectivity index (χ2v) is 6.52. The highest BCUT2D eigenvalue weighted by Crippen LogP contribution is 2.04. The Kier molecular flexibility index (Phi) is 8.82. The first-order valence-electron chi connectivity index (χ1n) is 6.57. The van der Waals surface area contributed by atoms with Gasteiger partial charge in [0.1, 0.15) is 0 Å². The lowest BCUT2D eigenvalue weighted by atomic mass is 10.00. The van der Waals surface area contributed by atoms with Crippen molar-refractivity contribution in [2.45, 2.75) is 46.0 Å². The van der Waals surface area contributed by atoms with Gasteiger partial charge in [0.15, 0.2) is 0 Å². The van der Waals surface area contributed by atoms with E-state index in [0.717, 1.165) is 5.92 Å². The summed E-state index contributed by atoms with van der Waals surface area (Å²) < 4.78 is 27.2. The summed E-state index contributed by atoms with van der Waals surface area (Å²) in [4.78, 5) is 1.86. The van der Waals surface area contributed by atoms with Gasteiger partial charge < -0.3 is 9.45 Å². The van der Waals surface area contributed by atoms with Crippen LogP contribution in [0, 0.1) is 5.92 Å². The average Bonchev–Trinajstić information content (AvgIpc) is 2.15. The zero-order valence-corrected chi connectivity index (χ0v) is 12.2. The number of rotatable bonds is 4. The minimum Gasteiger partial charge on any atom is -0.748 e. The highest BCUT2D eigenvalue weighted by atomic mass is 32.2. The van der Waals surface area contributed by atoms with E-state index in [2.05, 4.69) is 13.8 Å². The fourth-order valence-electron chi connectivity index (χ4n) is 2.25. The van der Waals surface area contributed by atoms with Crippen molar-refractivity contribution >= 4 is 10.1 Å². The second kappa shape index (κ2) is 8.89. The van der Waals surface area contributed by atoms with Crippen molar-refractivity contribution in [3.8, 4) is 0 Å². The summed E-state index contributed by atoms with van der Waals surface area (Å²) >= 11 is 0. The molecule has 0 spiro atoms. The first kappa shape index (κ1) is 16.9. The Morgan fingerprint density at radius 2 is 1.94 bits per heavy atom. The van der Waals surface area contributed by atoms with Gasteiger partial charge in [-0.05, 0) is 25.7 Å². The summed E-state index contributed by atoms with van der Waals surface area (Å²) in [6.45, 7) is 8.99. The lowest BCUT2D eigenvalue weighted by molar-refractivity contribution is -0.908. The minimum atomic E-state index is -3.92. The number of piperidine rings is 1. The highest BCUT2D eigenvalue weighted by Gasteiger charge is 2.18. The van der Waals surface area contributed by atoms with Crippen LogP contribution in [-0.4, -0.2) is 38.9 Å². The first-order valence-corrected chi connectivity index (χ1v) is 8.39. The number of likely N-dealkylation sites (tertiary alicyclic amines) is 1. The molecule has 1 aliphatic rings. The van der Waals surface area contributed by atoms with Gasteiger partial charge in [0.2, 0.25) is 0 Å². The third kappa shape index (κ3) is 13.8. The van der Waals surface area contributed by atoms with Gasteiger partial charge in [-0.3, -0.25) is 0 Å². The molecular weight excluding hydrogens is 238 g/mol. The van der Waals surface area contributed by atoms with Gasteiger partial charge in [0.25, 0.3) is 0 Å². The van der Waals surface area contributed by atoms with Crippen molar-refractivity contribution in [2.24, 2.45) is 5.92 Å². The van der Waals surface area contributed by atoms with Crippen molar-refractivity contribution in [3.05, 3.63) is 0 Å². The smallest absolute Gasteiger partial charge is 0.0916 e. The molecule has 5 heteroatoms. The largest absolute Gasteiger partial charge is 0.748 e. The number of hydrogen-bond acceptors (Lipinski definition) is 3. The molecule has 0 aromatic rings. The van der Waals surface area contributed by atoms with E-state index in [0.29, 0.717) is 6.26 Å². The van der Waals surface area contributed by atoms with Gasteiger partial charge in [-0.1, -0.05) is 20.3 Å². The number of unbranched alkanes of at least 4 members (excludes halogenated alkanes) is 2. The van der Waals surface area contributed by atoms with E-state index in [-0.39, 0.29) is 0 Å². The summed E-state index contributed by atoms with van der Waals surface area (Å²) in [6, 6.07) is 0. The quantitative estimate of drug-likeness (QED) is 0.600. The van der Waals surface area contributed by atoms with Crippen LogP contribution in [-0.2, 0) is 10.1 Å². The van der Waals surface area contributed by atoms with E-state index in [1.54, 1.807) is 0 Å². The van der Waals surface area contributed by atoms with Gasteiger partial charge >= 0.3 is 0 Å². The molecule has 4 nitrogen and oxygen atoms in total. The summed E-state index contributed by atoms with van der Waals surface area (Å²) in [5.74, 6) is 0.982. The SMILES string of the molecule is CCCCC[NH+]1CCCC(C)C1.CS(=O)(=O)[O-]. The minimum absolute atomic E-state index is 0.604. The summed E-state index contributed by atoms with van der Waals surface area (Å²) in [6.07, 6.45) is 7.77. The Morgan fingerprint density at radius 3 is 2.41 bits per heavy atom. The fourth-order valence-corrected chi connectivity index (χ4v) is 2.25. The Bertz CT molecular complexity index is 269. The van der Waals surface area contributed by atoms with Crippen molar-refractivity contribution in [3.63, 3.8) is 0 Å². The molecule has 0 aromatic heterocycles. The molecule has 0 radical (unpaired) electrons. The van der Waals surface area contributed by atoms with Gasteiger partial charge in [0, 0.05) is 12.2 Å². The summed E-state index contributed by atoms with van der Waals surface area (Å²) in [5, 5.41) is 0. The fraction of sp³-hybridized carbons (Fsp3) is 1.00. The van der Waals surface area contributed by atoms with E-state index in [1.807, 2.05) is 4.90 Å². The Balaban J connectivity index is 0.000000437. The maximum Gasteiger partial charge on any atom is 0.0916 e. The topological polar surface area (TPSA) is 61.6 Å². The Labute approximate surface area is 106 Å². The van der Waals surface area contributed by atoms with E-state index in [9.17, 15) is 0 Å². The predicted molar refractivity (Wildman–Crippen MR) is 69.1 cm³/mol. The van der Waals surface area contributed by atoms with Crippen LogP contribution in [0.5, 0.6) is 0 Å². The molecule has 17 heavy (non-hydrogen) atoms. The van der Waals surface area contributed by atoms with E-state index in [4.69, 9.17) is 13.0 Å². The van der Waals surface area contributed by atoms with E-state index >= 15 is 0 Å². The lowest BCUT2D eigenvalue weighted by Gasteiger charge is -2.27. The van der Waals surface area contributed by atoms with Gasteiger partial charge in [0.05, 0.1) is 29.8 Å². The zero-order valence-electron chi connectivity index (χ0n) is 11.4. The molecule has 1 saturated heterocycles. The van der Waals surface area contributed by atoms with Crippen molar-refractivity contribution < 1.29 is 17.9 Å². The van der Waals surface area contributed by atoms with E-state index in [1.165, 1.54) is 51.7 Å². The molecule has 0 amide bonds. The van der Waals surface area contributed by atoms with Gasteiger partial charge in [-0.2, -0.15) is 0 Å². The molecular formula is C12H27NO3S. The van der Waals surface area contributed by atoms with Gasteiger partial charge in [-0.15, -0.1) is 0 Å². The molecule has 1 heterocycles. The summed E-state index contributed by atoms with van der Waals surface area (Å²) in [5.41, 5.74) is 0. The van der Waals surface area contributed by atoms with Crippen molar-refractivity contribution in [1.82, 2.24) is 0 Å². The van der Waals surface area contributed by atoms with Crippen LogP contribution in [0.25, 0.3) is 0 Å². The molecule has 1 fully saturated rings. The zero-order chi connectivity index (χ0) is 13.3. The standard InChI is InChI=1S/C11H23N.CH4O3S/c1-3-4-5-8-12-9-6-7-11(2)10-12;1-5(2,3)4/h11H,3-10H2,1-2H3;1H3,(H,2,3,4). The third-order valence-corrected chi connectivity index (χ3v) is 3.00. The molecule has 0 aliphatic carbocycles. The maximum atomic E-state index is 9.08. The van der Waals surface area contributed by atoms with Crippen molar-refractivity contribution in [1.29, 1.82) is 0 Å². The highest BCUT2D eigenvalue weighted by molar-refractivity contribution is 7.84. The molecule has 2 unspecified atom stereocenters. The van der Waals surface area contributed by atoms with Crippen LogP contribution < -0.4 is 4.90 Å². The van der Waals surface area contributed by atoms with Crippen LogP contribution in [0.15, 0.2) is 0 Å². The normalized spacial score (nSPS) is 24.9. The lowest BCUT2D eigenvalue weighted by Crippen LogP contribution is -3.13. The molecule has 0 bridgehead atoms. The monoisotopic (exact) mass is 265 g/mol. The van der Waals surface area contributed by atoms with Crippen LogP contribution in [0.2, 0.25) is 0 Å². The van der Waals surface area contributed by atoms with Crippen LogP contribution in [0.3, 0.4) is 0 Å². The number of quaternary nitrogens is 1. The molecule has 0 saturated carbocycles. The third-order valence-electron chi connectivity index (χ3n) is 3.00. The molecule has 1 aliphatic heterocycles. The van der Waals surface area contributed by atoms with Crippen molar-refractivity contribution in [2.75, 3.05) is 25.9 Å². The number of hydrogen-bond donors (Lipinski definition) is 1. The van der Waals surface area contributed by atoms with Crippen LogP contribution in [0.1, 0.15) is 46.0 Å². The Morgan fingerprint density at radius 1 is 1.35 bits per heavy atom. The number of nitrogens with one attached hydrogen (secondary N) is 1. The molecule has 1 rings (SSSR count). The maximum absolute atomic E-state index is 9.08. The van der Waals surface area contributed by atoms with Crippen LogP contribution >= 0.6 is 0 Å². The molecule has 1 N–H and O–H groups in total. The first-order chi connectivity index (χ1) is 7.83. The molecule has 0 aromatic carbocycles. The summed E-state index contributed by atoms with van der Waals surface area (Å²) in [7, 11) is -3.92. The van der Waals surface area contributed by atoms with Gasteiger partial charge in [-0.25, -0.2) is 8.42 Å². The second-order valence-electron chi connectivity index (χ2n) is 5.11. The molecule has 104 valence electrons.